The molecule has 1 amide bonds. The Morgan fingerprint density at radius 2 is 1.00 bits per heavy atom. The molecule has 0 spiro atoms. The quantitative estimate of drug-likeness (QED) is 0.0202. The van der Waals surface area contributed by atoms with Crippen molar-refractivity contribution in [3.8, 4) is 0 Å². The third-order valence-electron chi connectivity index (χ3n) is 8.67. The van der Waals surface area contributed by atoms with Crippen molar-refractivity contribution in [3.05, 3.63) is 85.1 Å². The van der Waals surface area contributed by atoms with Crippen LogP contribution in [0, 0.1) is 0 Å². The van der Waals surface area contributed by atoms with E-state index >= 15 is 0 Å². The molecule has 0 fully saturated rings. The molecule has 4 N–H and O–H groups in total. The normalized spacial score (nSPS) is 14.6. The number of rotatable bonds is 39. The van der Waals surface area contributed by atoms with Gasteiger partial charge in [0.2, 0.25) is 5.91 Å². The van der Waals surface area contributed by atoms with Gasteiger partial charge >= 0.3 is 19.8 Å². The van der Waals surface area contributed by atoms with Crippen LogP contribution < -0.4 is 5.32 Å². The van der Waals surface area contributed by atoms with Gasteiger partial charge in [0.1, 0.15) is 12.7 Å². The Hall–Kier alpha value is -3.34. The van der Waals surface area contributed by atoms with Crippen LogP contribution in [-0.4, -0.2) is 64.9 Å². The number of aliphatic carboxylic acids is 1. The van der Waals surface area contributed by atoms with E-state index in [9.17, 15) is 34.1 Å². The minimum absolute atomic E-state index is 0.0851. The molecule has 0 aromatic heterocycles. The number of unbranched alkanes of at least 4 members (excludes halogenated alkanes) is 11. The van der Waals surface area contributed by atoms with Crippen molar-refractivity contribution in [2.45, 2.75) is 167 Å². The van der Waals surface area contributed by atoms with Crippen LogP contribution in [0.25, 0.3) is 0 Å². The zero-order chi connectivity index (χ0) is 42.8. The summed E-state index contributed by atoms with van der Waals surface area (Å²) in [6, 6.07) is -1.58. The molecule has 12 heteroatoms. The third-order valence-corrected chi connectivity index (χ3v) is 9.62. The number of carboxylic acids is 1. The maximum atomic E-state index is 12.3. The molecule has 0 heterocycles. The SMILES string of the molecule is CC/C=C\C/C=C\C/C=C\C/C=C\C/C=C\C/C=C\CCCCC(=O)NC(COP(=O)(O)OCC(O)COC(=O)CCCCCCC/C=C\CCCCCC)C(=O)O. The highest BCUT2D eigenvalue weighted by molar-refractivity contribution is 7.47. The number of allylic oxidation sites excluding steroid dienone is 14. The summed E-state index contributed by atoms with van der Waals surface area (Å²) >= 11 is 0. The first-order valence-corrected chi connectivity index (χ1v) is 23.1. The maximum Gasteiger partial charge on any atom is 0.472 e. The monoisotopic (exact) mass is 834 g/mol. The molecule has 0 aromatic carbocycles. The van der Waals surface area contributed by atoms with E-state index in [1.54, 1.807) is 0 Å². The largest absolute Gasteiger partial charge is 0.480 e. The van der Waals surface area contributed by atoms with Crippen molar-refractivity contribution >= 4 is 25.7 Å². The average molecular weight is 834 g/mol. The number of aliphatic hydroxyl groups is 1. The van der Waals surface area contributed by atoms with Crippen molar-refractivity contribution in [1.29, 1.82) is 0 Å². The molecule has 0 aliphatic rings. The zero-order valence-electron chi connectivity index (χ0n) is 35.6. The van der Waals surface area contributed by atoms with E-state index in [1.807, 2.05) is 6.08 Å². The molecule has 0 rings (SSSR count). The number of carbonyl (C=O) groups is 3. The maximum absolute atomic E-state index is 12.3. The van der Waals surface area contributed by atoms with Crippen LogP contribution in [0.15, 0.2) is 85.1 Å². The van der Waals surface area contributed by atoms with Gasteiger partial charge in [-0.25, -0.2) is 9.36 Å². The molecular weight excluding hydrogens is 757 g/mol. The molecule has 0 aromatic rings. The fourth-order valence-corrected chi connectivity index (χ4v) is 6.08. The first-order valence-electron chi connectivity index (χ1n) is 21.6. The van der Waals surface area contributed by atoms with Crippen LogP contribution >= 0.6 is 7.82 Å². The van der Waals surface area contributed by atoms with Crippen LogP contribution in [0.2, 0.25) is 0 Å². The van der Waals surface area contributed by atoms with Gasteiger partial charge in [0.25, 0.3) is 0 Å². The molecule has 11 nitrogen and oxygen atoms in total. The molecule has 0 aliphatic heterocycles. The number of phosphoric acid groups is 1. The second-order valence-electron chi connectivity index (χ2n) is 14.1. The molecule has 0 saturated heterocycles. The van der Waals surface area contributed by atoms with Gasteiger partial charge < -0.3 is 25.2 Å². The van der Waals surface area contributed by atoms with Crippen molar-refractivity contribution in [2.75, 3.05) is 19.8 Å². The van der Waals surface area contributed by atoms with Crippen LogP contribution in [-0.2, 0) is 32.7 Å². The minimum Gasteiger partial charge on any atom is -0.480 e. The van der Waals surface area contributed by atoms with E-state index in [4.69, 9.17) is 13.8 Å². The number of carbonyl (C=O) groups excluding carboxylic acids is 2. The van der Waals surface area contributed by atoms with Gasteiger partial charge in [-0.2, -0.15) is 0 Å². The number of carboxylic acid groups (broad SMARTS) is 1. The first kappa shape index (κ1) is 54.7. The van der Waals surface area contributed by atoms with Gasteiger partial charge in [0, 0.05) is 12.8 Å². The second-order valence-corrected chi connectivity index (χ2v) is 15.6. The molecule has 58 heavy (non-hydrogen) atoms. The molecule has 330 valence electrons. The number of nitrogens with one attached hydrogen (secondary N) is 1. The predicted molar refractivity (Wildman–Crippen MR) is 235 cm³/mol. The Morgan fingerprint density at radius 1 is 0.569 bits per heavy atom. The Morgan fingerprint density at radius 3 is 1.53 bits per heavy atom. The van der Waals surface area contributed by atoms with Crippen LogP contribution in [0.5, 0.6) is 0 Å². The average Bonchev–Trinajstić information content (AvgIpc) is 3.20. The molecule has 0 radical (unpaired) electrons. The van der Waals surface area contributed by atoms with Gasteiger partial charge in [-0.05, 0) is 89.9 Å². The minimum atomic E-state index is -4.77. The first-order chi connectivity index (χ1) is 28.1. The number of hydrogen-bond donors (Lipinski definition) is 4. The Kier molecular flexibility index (Phi) is 38.1. The predicted octanol–water partition coefficient (Wildman–Crippen LogP) is 11.1. The summed E-state index contributed by atoms with van der Waals surface area (Å²) in [5, 5.41) is 21.8. The second kappa shape index (κ2) is 40.4. The van der Waals surface area contributed by atoms with Gasteiger partial charge in [-0.3, -0.25) is 18.6 Å². The fraction of sp³-hybridized carbons (Fsp3) is 0.630. The fourth-order valence-electron chi connectivity index (χ4n) is 5.31. The summed E-state index contributed by atoms with van der Waals surface area (Å²) in [5.74, 6) is -2.46. The van der Waals surface area contributed by atoms with Crippen LogP contribution in [0.3, 0.4) is 0 Å². The number of esters is 1. The highest BCUT2D eigenvalue weighted by Crippen LogP contribution is 2.43. The standard InChI is InChI=1S/C46H76NO10P/c1-3-5-7-9-11-13-15-17-18-19-20-21-22-23-24-26-27-29-31-33-35-37-44(49)47-43(46(51)52)41-57-58(53,54)56-40-42(48)39-55-45(50)38-36-34-32-30-28-25-16-14-12-10-8-6-4-2/h5,7,11,13-14,16-18,20-21,23-24,27,29,42-43,48H,3-4,6,8-10,12,15,19,22,25-26,28,30-41H2,1-2H3,(H,47,49)(H,51,52)(H,53,54)/b7-5-,13-11-,16-14-,18-17-,21-20-,24-23-,29-27-. The molecule has 0 aliphatic carbocycles. The van der Waals surface area contributed by atoms with E-state index in [1.165, 1.54) is 25.7 Å². The Balaban J connectivity index is 4.03. The Bertz CT molecular complexity index is 1300. The smallest absolute Gasteiger partial charge is 0.472 e. The summed E-state index contributed by atoms with van der Waals surface area (Å²) in [4.78, 5) is 45.9. The van der Waals surface area contributed by atoms with Crippen molar-refractivity contribution in [1.82, 2.24) is 5.32 Å². The summed E-state index contributed by atoms with van der Waals surface area (Å²) in [5.41, 5.74) is 0. The molecule has 3 atom stereocenters. The van der Waals surface area contributed by atoms with E-state index < -0.39 is 57.6 Å². The lowest BCUT2D eigenvalue weighted by Crippen LogP contribution is -2.43. The lowest BCUT2D eigenvalue weighted by molar-refractivity contribution is -0.147. The topological polar surface area (TPSA) is 169 Å². The van der Waals surface area contributed by atoms with Gasteiger partial charge in [-0.15, -0.1) is 0 Å². The molecular formula is C46H76NO10P. The van der Waals surface area contributed by atoms with E-state index in [0.717, 1.165) is 89.9 Å². The Labute approximate surface area is 350 Å². The summed E-state index contributed by atoms with van der Waals surface area (Å²) < 4.78 is 26.8. The number of phosphoric ester groups is 1. The van der Waals surface area contributed by atoms with Crippen molar-refractivity contribution in [3.63, 3.8) is 0 Å². The summed E-state index contributed by atoms with van der Waals surface area (Å²) in [7, 11) is -4.77. The summed E-state index contributed by atoms with van der Waals surface area (Å²) in [6.45, 7) is 2.40. The van der Waals surface area contributed by atoms with E-state index in [-0.39, 0.29) is 12.8 Å². The van der Waals surface area contributed by atoms with Gasteiger partial charge in [0.15, 0.2) is 6.04 Å². The van der Waals surface area contributed by atoms with Gasteiger partial charge in [0.05, 0.1) is 13.2 Å². The van der Waals surface area contributed by atoms with Gasteiger partial charge in [-0.1, -0.05) is 137 Å². The molecule has 0 saturated carbocycles. The lowest BCUT2D eigenvalue weighted by atomic mass is 10.1. The highest BCUT2D eigenvalue weighted by atomic mass is 31.2. The van der Waals surface area contributed by atoms with Crippen molar-refractivity contribution < 1.29 is 47.8 Å². The highest BCUT2D eigenvalue weighted by Gasteiger charge is 2.28. The van der Waals surface area contributed by atoms with Crippen molar-refractivity contribution in [2.24, 2.45) is 0 Å². The number of hydrogen-bond acceptors (Lipinski definition) is 8. The number of aliphatic hydroxyl groups excluding tert-OH is 1. The number of ether oxygens (including phenoxy) is 1. The summed E-state index contributed by atoms with van der Waals surface area (Å²) in [6.07, 6.45) is 49.0. The van der Waals surface area contributed by atoms with Crippen LogP contribution in [0.1, 0.15) is 155 Å². The van der Waals surface area contributed by atoms with E-state index in [0.29, 0.717) is 12.8 Å². The number of amides is 1. The molecule has 0 bridgehead atoms. The lowest BCUT2D eigenvalue weighted by Gasteiger charge is -2.18. The zero-order valence-corrected chi connectivity index (χ0v) is 36.5. The molecule has 3 unspecified atom stereocenters. The van der Waals surface area contributed by atoms with Crippen LogP contribution in [0.4, 0.5) is 0 Å². The van der Waals surface area contributed by atoms with E-state index in [2.05, 4.69) is 98.2 Å². The third kappa shape index (κ3) is 39.5.